The summed E-state index contributed by atoms with van der Waals surface area (Å²) in [5, 5.41) is 44.8. The number of phenolic OH excluding ortho intramolecular Hbond substituents is 2. The second kappa shape index (κ2) is 16.3. The van der Waals surface area contributed by atoms with E-state index in [1.54, 1.807) is 60.7 Å². The van der Waals surface area contributed by atoms with Gasteiger partial charge in [-0.25, -0.2) is 0 Å². The van der Waals surface area contributed by atoms with Gasteiger partial charge in [0.05, 0.1) is 33.9 Å². The SMILES string of the molecule is Cc1ccc(NOCc2cc3ccccc3c(N=Nc3ccc4c(c3)C(=O)c3cc(N=Nc5c(O)c(C(=O)Nc6ccccc6C(F)(F)F)cc6ccccc56)ccc3-4)c2O)cc1. The lowest BCUT2D eigenvalue weighted by atomic mass is 10.0. The summed E-state index contributed by atoms with van der Waals surface area (Å²) in [6, 6.07) is 39.6. The molecule has 0 atom stereocenters. The number of rotatable bonds is 10. The van der Waals surface area contributed by atoms with Crippen molar-refractivity contribution in [1.82, 2.24) is 0 Å². The van der Waals surface area contributed by atoms with E-state index in [4.69, 9.17) is 4.84 Å². The number of halogens is 3. The summed E-state index contributed by atoms with van der Waals surface area (Å²) in [5.74, 6) is -1.98. The van der Waals surface area contributed by atoms with Gasteiger partial charge in [0.15, 0.2) is 11.5 Å². The molecule has 9 rings (SSSR count). The maximum absolute atomic E-state index is 13.9. The largest absolute Gasteiger partial charge is 0.505 e. The van der Waals surface area contributed by atoms with Crippen molar-refractivity contribution in [1.29, 1.82) is 0 Å². The molecule has 0 fully saturated rings. The summed E-state index contributed by atoms with van der Waals surface area (Å²) in [6.45, 7) is 2.02. The Kier molecular flexibility index (Phi) is 10.4. The molecule has 11 nitrogen and oxygen atoms in total. The molecule has 0 aliphatic heterocycles. The van der Waals surface area contributed by atoms with E-state index in [9.17, 15) is 33.0 Å². The molecule has 63 heavy (non-hydrogen) atoms. The van der Waals surface area contributed by atoms with Crippen molar-refractivity contribution >= 4 is 67.4 Å². The average Bonchev–Trinajstić information content (AvgIpc) is 3.55. The van der Waals surface area contributed by atoms with Gasteiger partial charge in [-0.1, -0.05) is 90.5 Å². The van der Waals surface area contributed by atoms with Crippen molar-refractivity contribution in [3.8, 4) is 22.6 Å². The minimum absolute atomic E-state index is 0.0331. The van der Waals surface area contributed by atoms with Gasteiger partial charge in [-0.2, -0.15) is 23.4 Å². The Morgan fingerprint density at radius 1 is 0.635 bits per heavy atom. The van der Waals surface area contributed by atoms with Gasteiger partial charge in [0.2, 0.25) is 0 Å². The zero-order valence-electron chi connectivity index (χ0n) is 33.1. The van der Waals surface area contributed by atoms with Gasteiger partial charge >= 0.3 is 6.18 Å². The van der Waals surface area contributed by atoms with E-state index in [2.05, 4.69) is 31.3 Å². The van der Waals surface area contributed by atoms with Crippen molar-refractivity contribution < 1.29 is 37.8 Å². The summed E-state index contributed by atoms with van der Waals surface area (Å²) in [4.78, 5) is 32.9. The minimum Gasteiger partial charge on any atom is -0.505 e. The number of aromatic hydroxyl groups is 2. The summed E-state index contributed by atoms with van der Waals surface area (Å²) in [6.07, 6.45) is -4.73. The van der Waals surface area contributed by atoms with Gasteiger partial charge in [0.25, 0.3) is 5.91 Å². The van der Waals surface area contributed by atoms with Gasteiger partial charge in [-0.15, -0.1) is 10.2 Å². The van der Waals surface area contributed by atoms with Crippen LogP contribution in [0.4, 0.5) is 47.3 Å². The second-order valence-corrected chi connectivity index (χ2v) is 14.7. The lowest BCUT2D eigenvalue weighted by molar-refractivity contribution is -0.136. The third kappa shape index (κ3) is 7.93. The lowest BCUT2D eigenvalue weighted by Gasteiger charge is -2.15. The number of nitrogens with zero attached hydrogens (tertiary/aromatic N) is 4. The second-order valence-electron chi connectivity index (χ2n) is 14.7. The molecule has 0 aromatic heterocycles. The van der Waals surface area contributed by atoms with Crippen LogP contribution in [0.1, 0.15) is 43.0 Å². The molecular formula is C49H33F3N6O5. The standard InChI is InChI=1S/C49H33F3N6O5/c1-27-14-16-31(17-15-27)58-63-26-30-22-28-8-2-4-10-34(28)43(45(30)59)56-54-32-18-20-36-37-21-19-33(25-39(37)46(60)38(36)24-32)55-57-44-35-11-5-3-9-29(35)23-40(47(44)61)48(62)53-42-13-7-6-12-41(42)49(50,51)52/h2-25,58-59,61H,26H2,1H3,(H,53,62). The van der Waals surface area contributed by atoms with Crippen molar-refractivity contribution in [2.45, 2.75) is 19.7 Å². The third-order valence-corrected chi connectivity index (χ3v) is 10.6. The molecule has 8 aromatic carbocycles. The fourth-order valence-electron chi connectivity index (χ4n) is 7.42. The highest BCUT2D eigenvalue weighted by atomic mass is 19.4. The molecule has 0 radical (unpaired) electrons. The van der Waals surface area contributed by atoms with Crippen LogP contribution in [0.25, 0.3) is 32.7 Å². The smallest absolute Gasteiger partial charge is 0.418 e. The van der Waals surface area contributed by atoms with Crippen molar-refractivity contribution in [3.63, 3.8) is 0 Å². The molecule has 1 aliphatic carbocycles. The van der Waals surface area contributed by atoms with E-state index < -0.39 is 29.1 Å². The third-order valence-electron chi connectivity index (χ3n) is 10.6. The van der Waals surface area contributed by atoms with E-state index in [1.165, 1.54) is 18.2 Å². The molecule has 0 heterocycles. The molecule has 8 aromatic rings. The Morgan fingerprint density at radius 3 is 1.81 bits per heavy atom. The molecule has 0 unspecified atom stereocenters. The number of amides is 1. The number of ketones is 1. The maximum Gasteiger partial charge on any atom is 0.418 e. The number of phenols is 2. The van der Waals surface area contributed by atoms with E-state index in [-0.39, 0.29) is 40.8 Å². The van der Waals surface area contributed by atoms with E-state index in [1.807, 2.05) is 61.5 Å². The zero-order valence-corrected chi connectivity index (χ0v) is 33.1. The summed E-state index contributed by atoms with van der Waals surface area (Å²) in [7, 11) is 0. The molecule has 0 bridgehead atoms. The van der Waals surface area contributed by atoms with Crippen LogP contribution in [0.15, 0.2) is 166 Å². The van der Waals surface area contributed by atoms with E-state index in [0.717, 1.165) is 28.8 Å². The van der Waals surface area contributed by atoms with Gasteiger partial charge in [0, 0.05) is 27.5 Å². The highest BCUT2D eigenvalue weighted by Crippen LogP contribution is 2.44. The van der Waals surface area contributed by atoms with Crippen LogP contribution in [0.3, 0.4) is 0 Å². The molecule has 310 valence electrons. The van der Waals surface area contributed by atoms with Crippen LogP contribution in [-0.2, 0) is 17.6 Å². The quantitative estimate of drug-likeness (QED) is 0.0793. The first-order valence-corrected chi connectivity index (χ1v) is 19.5. The summed E-state index contributed by atoms with van der Waals surface area (Å²) in [5.41, 5.74) is 6.23. The van der Waals surface area contributed by atoms with Gasteiger partial charge in [-0.05, 0) is 89.5 Å². The summed E-state index contributed by atoms with van der Waals surface area (Å²) >= 11 is 0. The van der Waals surface area contributed by atoms with E-state index >= 15 is 0 Å². The Bertz CT molecular complexity index is 3200. The number of carbonyl (C=O) groups excluding carboxylic acids is 2. The number of alkyl halides is 3. The average molecular weight is 843 g/mol. The Hall–Kier alpha value is -8.23. The Balaban J connectivity index is 0.967. The first-order valence-electron chi connectivity index (χ1n) is 19.5. The van der Waals surface area contributed by atoms with Gasteiger partial charge in [0.1, 0.15) is 23.7 Å². The van der Waals surface area contributed by atoms with Crippen molar-refractivity contribution in [2.75, 3.05) is 10.8 Å². The topological polar surface area (TPSA) is 157 Å². The molecular weight excluding hydrogens is 810 g/mol. The molecule has 1 amide bonds. The molecule has 14 heteroatoms. The number of benzene rings is 8. The number of hydrogen-bond donors (Lipinski definition) is 4. The molecule has 1 aliphatic rings. The number of nitrogens with one attached hydrogen (secondary N) is 2. The van der Waals surface area contributed by atoms with Crippen LogP contribution in [0, 0.1) is 6.92 Å². The first kappa shape index (κ1) is 40.2. The number of para-hydroxylation sites is 1. The van der Waals surface area contributed by atoms with Crippen LogP contribution in [-0.4, -0.2) is 21.9 Å². The number of azo groups is 2. The monoisotopic (exact) mass is 842 g/mol. The van der Waals surface area contributed by atoms with E-state index in [0.29, 0.717) is 49.7 Å². The molecule has 0 saturated heterocycles. The Labute approximate surface area is 356 Å². The number of carbonyl (C=O) groups is 2. The fraction of sp³-hybridized carbons (Fsp3) is 0.0612. The molecule has 4 N–H and O–H groups in total. The predicted octanol–water partition coefficient (Wildman–Crippen LogP) is 13.6. The highest BCUT2D eigenvalue weighted by molar-refractivity contribution is 6.22. The van der Waals surface area contributed by atoms with Crippen LogP contribution in [0.5, 0.6) is 11.5 Å². The van der Waals surface area contributed by atoms with Crippen LogP contribution < -0.4 is 10.8 Å². The van der Waals surface area contributed by atoms with Gasteiger partial charge in [-0.3, -0.25) is 19.9 Å². The predicted molar refractivity (Wildman–Crippen MR) is 234 cm³/mol. The molecule has 0 spiro atoms. The van der Waals surface area contributed by atoms with Crippen molar-refractivity contribution in [2.24, 2.45) is 20.5 Å². The maximum atomic E-state index is 13.9. The number of hydrogen-bond acceptors (Lipinski definition) is 10. The highest BCUT2D eigenvalue weighted by Gasteiger charge is 2.34. The molecule has 0 saturated carbocycles. The fourth-order valence-corrected chi connectivity index (χ4v) is 7.42. The zero-order chi connectivity index (χ0) is 43.8. The minimum atomic E-state index is -4.73. The number of aryl methyl sites for hydroxylation is 1. The normalized spacial score (nSPS) is 12.3. The first-order chi connectivity index (χ1) is 30.4. The summed E-state index contributed by atoms with van der Waals surface area (Å²) < 4.78 is 41.0. The van der Waals surface area contributed by atoms with Crippen LogP contribution in [0.2, 0.25) is 0 Å². The van der Waals surface area contributed by atoms with Gasteiger partial charge < -0.3 is 15.5 Å². The number of fused-ring (bicyclic) bond motifs is 5. The van der Waals surface area contributed by atoms with Crippen LogP contribution >= 0.6 is 0 Å². The number of anilines is 2. The lowest BCUT2D eigenvalue weighted by Crippen LogP contribution is -2.16. The van der Waals surface area contributed by atoms with Crippen molar-refractivity contribution in [3.05, 3.63) is 179 Å². The Morgan fingerprint density at radius 2 is 1.19 bits per heavy atom.